The molecular weight excluding hydrogens is 338 g/mol. The number of aromatic nitrogens is 4. The van der Waals surface area contributed by atoms with Gasteiger partial charge < -0.3 is 16.4 Å². The number of anilines is 2. The van der Waals surface area contributed by atoms with Gasteiger partial charge in [-0.2, -0.15) is 15.1 Å². The molecule has 1 atom stereocenters. The Labute approximate surface area is 158 Å². The first-order valence-electron chi connectivity index (χ1n) is 9.63. The molecule has 0 saturated heterocycles. The highest BCUT2D eigenvalue weighted by molar-refractivity contribution is 5.87. The number of nitrogens with one attached hydrogen (secondary N) is 2. The maximum Gasteiger partial charge on any atom is 0.226 e. The Balaban J connectivity index is 1.35. The summed E-state index contributed by atoms with van der Waals surface area (Å²) in [6.07, 6.45) is 7.12. The Bertz CT molecular complexity index is 953. The highest BCUT2D eigenvalue weighted by atomic mass is 15.3. The van der Waals surface area contributed by atoms with Crippen LogP contribution >= 0.6 is 0 Å². The van der Waals surface area contributed by atoms with Gasteiger partial charge in [0.15, 0.2) is 5.65 Å². The normalized spacial score (nSPS) is 19.0. The molecule has 0 aliphatic heterocycles. The van der Waals surface area contributed by atoms with Gasteiger partial charge in [0.2, 0.25) is 5.95 Å². The first kappa shape index (κ1) is 16.5. The molecule has 2 heterocycles. The average molecular weight is 363 g/mol. The molecule has 2 aliphatic rings. The number of rotatable bonds is 6. The fraction of sp³-hybridized carbons (Fsp3) is 0.450. The minimum atomic E-state index is -0.116. The highest BCUT2D eigenvalue weighted by Gasteiger charge is 2.53. The summed E-state index contributed by atoms with van der Waals surface area (Å²) in [4.78, 5) is 9.36. The van der Waals surface area contributed by atoms with Crippen LogP contribution < -0.4 is 16.4 Å². The largest absolute Gasteiger partial charge is 0.367 e. The Hall–Kier alpha value is -2.67. The zero-order chi connectivity index (χ0) is 18.4. The lowest BCUT2D eigenvalue weighted by Crippen LogP contribution is -2.37. The second-order valence-electron chi connectivity index (χ2n) is 8.05. The minimum absolute atomic E-state index is 0.116. The molecule has 27 heavy (non-hydrogen) atoms. The third-order valence-electron chi connectivity index (χ3n) is 5.96. The van der Waals surface area contributed by atoms with Crippen molar-refractivity contribution in [3.63, 3.8) is 0 Å². The van der Waals surface area contributed by atoms with Crippen molar-refractivity contribution in [1.29, 1.82) is 0 Å². The van der Waals surface area contributed by atoms with E-state index in [1.165, 1.54) is 25.7 Å². The molecule has 4 N–H and O–H groups in total. The third kappa shape index (κ3) is 3.12. The van der Waals surface area contributed by atoms with Gasteiger partial charge in [-0.25, -0.2) is 0 Å². The summed E-state index contributed by atoms with van der Waals surface area (Å²) in [6.45, 7) is 0.569. The molecule has 0 unspecified atom stereocenters. The molecule has 2 saturated carbocycles. The number of hydrogen-bond acceptors (Lipinski definition) is 6. The van der Waals surface area contributed by atoms with Gasteiger partial charge in [-0.1, -0.05) is 30.3 Å². The number of benzene rings is 1. The predicted molar refractivity (Wildman–Crippen MR) is 106 cm³/mol. The minimum Gasteiger partial charge on any atom is -0.367 e. The molecule has 2 aliphatic carbocycles. The molecule has 2 aromatic heterocycles. The van der Waals surface area contributed by atoms with Crippen LogP contribution in [0.5, 0.6) is 0 Å². The third-order valence-corrected chi connectivity index (χ3v) is 5.96. The maximum absolute atomic E-state index is 6.30. The van der Waals surface area contributed by atoms with E-state index in [0.29, 0.717) is 23.9 Å². The smallest absolute Gasteiger partial charge is 0.226 e. The van der Waals surface area contributed by atoms with E-state index in [2.05, 4.69) is 20.7 Å². The van der Waals surface area contributed by atoms with Crippen molar-refractivity contribution in [2.24, 2.45) is 18.2 Å². The summed E-state index contributed by atoms with van der Waals surface area (Å²) in [5.41, 5.74) is 8.87. The summed E-state index contributed by atoms with van der Waals surface area (Å²) in [7, 11) is 1.90. The van der Waals surface area contributed by atoms with Gasteiger partial charge in [0.05, 0.1) is 11.6 Å². The number of fused-ring (bicyclic) bond motifs is 1. The van der Waals surface area contributed by atoms with E-state index in [0.717, 1.165) is 22.4 Å². The van der Waals surface area contributed by atoms with Crippen molar-refractivity contribution in [1.82, 2.24) is 19.7 Å². The van der Waals surface area contributed by atoms with Crippen molar-refractivity contribution in [3.05, 3.63) is 42.1 Å². The van der Waals surface area contributed by atoms with Gasteiger partial charge in [0, 0.05) is 25.7 Å². The second kappa shape index (κ2) is 6.20. The highest BCUT2D eigenvalue weighted by Crippen LogP contribution is 2.61. The van der Waals surface area contributed by atoms with Crippen molar-refractivity contribution in [3.8, 4) is 0 Å². The van der Waals surface area contributed by atoms with Crippen LogP contribution in [0.1, 0.15) is 37.3 Å². The molecular formula is C20H25N7. The van der Waals surface area contributed by atoms with Gasteiger partial charge in [-0.3, -0.25) is 4.68 Å². The summed E-state index contributed by atoms with van der Waals surface area (Å²) < 4.78 is 1.79. The lowest BCUT2D eigenvalue weighted by molar-refractivity contribution is 0.256. The Morgan fingerprint density at radius 3 is 2.74 bits per heavy atom. The monoisotopic (exact) mass is 363 g/mol. The van der Waals surface area contributed by atoms with Crippen molar-refractivity contribution in [2.75, 3.05) is 17.2 Å². The van der Waals surface area contributed by atoms with E-state index in [4.69, 9.17) is 10.7 Å². The SMILES string of the molecule is Cn1ncc2c(NC3CC4(CC4)C3)nc(NC[C@H](N)c3ccccc3)nc21. The first-order chi connectivity index (χ1) is 13.1. The summed E-state index contributed by atoms with van der Waals surface area (Å²) in [6, 6.07) is 10.5. The summed E-state index contributed by atoms with van der Waals surface area (Å²) in [5.74, 6) is 1.45. The van der Waals surface area contributed by atoms with Crippen LogP contribution in [0.4, 0.5) is 11.8 Å². The van der Waals surface area contributed by atoms with Crippen LogP contribution in [0, 0.1) is 5.41 Å². The molecule has 3 aromatic rings. The van der Waals surface area contributed by atoms with Gasteiger partial charge >= 0.3 is 0 Å². The maximum atomic E-state index is 6.30. The first-order valence-corrected chi connectivity index (χ1v) is 9.63. The van der Waals surface area contributed by atoms with E-state index in [-0.39, 0.29) is 6.04 Å². The topological polar surface area (TPSA) is 93.7 Å². The molecule has 2 fully saturated rings. The fourth-order valence-electron chi connectivity index (χ4n) is 4.10. The molecule has 0 amide bonds. The van der Waals surface area contributed by atoms with Crippen LogP contribution in [0.15, 0.2) is 36.5 Å². The van der Waals surface area contributed by atoms with E-state index in [1.54, 1.807) is 4.68 Å². The molecule has 0 bridgehead atoms. The van der Waals surface area contributed by atoms with Crippen LogP contribution in [0.25, 0.3) is 11.0 Å². The Kier molecular flexibility index (Phi) is 3.79. The Morgan fingerprint density at radius 2 is 2.00 bits per heavy atom. The van der Waals surface area contributed by atoms with E-state index in [9.17, 15) is 0 Å². The molecule has 7 heteroatoms. The molecule has 0 radical (unpaired) electrons. The molecule has 1 spiro atoms. The average Bonchev–Trinajstić information content (AvgIpc) is 3.37. The van der Waals surface area contributed by atoms with Gasteiger partial charge in [-0.15, -0.1) is 0 Å². The van der Waals surface area contributed by atoms with Gasteiger partial charge in [0.25, 0.3) is 0 Å². The number of aryl methyl sites for hydroxylation is 1. The fourth-order valence-corrected chi connectivity index (χ4v) is 4.10. The van der Waals surface area contributed by atoms with E-state index in [1.807, 2.05) is 43.6 Å². The van der Waals surface area contributed by atoms with E-state index < -0.39 is 0 Å². The van der Waals surface area contributed by atoms with Crippen LogP contribution in [-0.4, -0.2) is 32.3 Å². The lowest BCUT2D eigenvalue weighted by Gasteiger charge is -2.36. The van der Waals surface area contributed by atoms with Crippen molar-refractivity contribution in [2.45, 2.75) is 37.8 Å². The standard InChI is InChI=1S/C20H25N7/c1-27-18-15(11-23-27)17(24-14-9-20(10-14)7-8-20)25-19(26-18)22-12-16(21)13-5-3-2-4-6-13/h2-6,11,14,16H,7-10,12,21H2,1H3,(H2,22,24,25,26)/t16-/m0/s1. The summed E-state index contributed by atoms with van der Waals surface area (Å²) in [5, 5.41) is 12.2. The molecule has 7 nitrogen and oxygen atoms in total. The van der Waals surface area contributed by atoms with Crippen LogP contribution in [0.3, 0.4) is 0 Å². The quantitative estimate of drug-likeness (QED) is 0.623. The second-order valence-corrected chi connectivity index (χ2v) is 8.05. The Morgan fingerprint density at radius 1 is 1.22 bits per heavy atom. The van der Waals surface area contributed by atoms with E-state index >= 15 is 0 Å². The molecule has 1 aromatic carbocycles. The molecule has 140 valence electrons. The molecule has 5 rings (SSSR count). The number of hydrogen-bond donors (Lipinski definition) is 3. The summed E-state index contributed by atoms with van der Waals surface area (Å²) >= 11 is 0. The number of nitrogens with zero attached hydrogens (tertiary/aromatic N) is 4. The lowest BCUT2D eigenvalue weighted by atomic mass is 9.77. The van der Waals surface area contributed by atoms with Crippen molar-refractivity contribution >= 4 is 22.8 Å². The predicted octanol–water partition coefficient (Wildman–Crippen LogP) is 2.83. The number of nitrogens with two attached hydrogens (primary N) is 1. The van der Waals surface area contributed by atoms with Crippen LogP contribution in [-0.2, 0) is 7.05 Å². The van der Waals surface area contributed by atoms with Crippen molar-refractivity contribution < 1.29 is 0 Å². The zero-order valence-corrected chi connectivity index (χ0v) is 15.5. The zero-order valence-electron chi connectivity index (χ0n) is 15.5. The van der Waals surface area contributed by atoms with Gasteiger partial charge in [0.1, 0.15) is 5.82 Å². The van der Waals surface area contributed by atoms with Crippen LogP contribution in [0.2, 0.25) is 0 Å². The van der Waals surface area contributed by atoms with Gasteiger partial charge in [-0.05, 0) is 36.7 Å².